The van der Waals surface area contributed by atoms with Crippen molar-refractivity contribution in [2.75, 3.05) is 19.9 Å². The predicted molar refractivity (Wildman–Crippen MR) is 77.0 cm³/mol. The van der Waals surface area contributed by atoms with Gasteiger partial charge < -0.3 is 10.1 Å². The molecular weight excluding hydrogens is 262 g/mol. The molecule has 1 saturated heterocycles. The van der Waals surface area contributed by atoms with Crippen LogP contribution in [0.15, 0.2) is 0 Å². The Kier molecular flexibility index (Phi) is 4.58. The van der Waals surface area contributed by atoms with Crippen molar-refractivity contribution in [3.05, 3.63) is 0 Å². The van der Waals surface area contributed by atoms with Crippen molar-refractivity contribution < 1.29 is 13.2 Å². The van der Waals surface area contributed by atoms with Gasteiger partial charge in [0.15, 0.2) is 0 Å². The first-order chi connectivity index (χ1) is 8.87. The van der Waals surface area contributed by atoms with Crippen LogP contribution in [0.25, 0.3) is 0 Å². The minimum atomic E-state index is -2.91. The molecular formula is C14H27NO3S. The third-order valence-electron chi connectivity index (χ3n) is 4.96. The van der Waals surface area contributed by atoms with E-state index in [-0.39, 0.29) is 16.9 Å². The van der Waals surface area contributed by atoms with Crippen molar-refractivity contribution in [1.29, 1.82) is 0 Å². The molecule has 0 aromatic rings. The van der Waals surface area contributed by atoms with Gasteiger partial charge in [-0.25, -0.2) is 8.42 Å². The van der Waals surface area contributed by atoms with Crippen LogP contribution >= 0.6 is 0 Å². The first-order valence-electron chi connectivity index (χ1n) is 7.37. The normalized spacial score (nSPS) is 38.3. The Balaban J connectivity index is 2.10. The topological polar surface area (TPSA) is 55.4 Å². The molecule has 0 aromatic heterocycles. The Labute approximate surface area is 117 Å². The van der Waals surface area contributed by atoms with Crippen LogP contribution in [0.2, 0.25) is 0 Å². The van der Waals surface area contributed by atoms with E-state index < -0.39 is 9.84 Å². The highest BCUT2D eigenvalue weighted by molar-refractivity contribution is 7.91. The summed E-state index contributed by atoms with van der Waals surface area (Å²) in [6.07, 6.45) is 7.28. The fraction of sp³-hybridized carbons (Fsp3) is 1.00. The van der Waals surface area contributed by atoms with Gasteiger partial charge in [-0.15, -0.1) is 0 Å². The zero-order chi connectivity index (χ0) is 14.1. The van der Waals surface area contributed by atoms with Crippen LogP contribution in [-0.2, 0) is 14.6 Å². The number of hydrogen-bond donors (Lipinski definition) is 1. The van der Waals surface area contributed by atoms with Crippen LogP contribution in [0.3, 0.4) is 0 Å². The summed E-state index contributed by atoms with van der Waals surface area (Å²) in [5, 5.41) is 3.25. The molecule has 2 aliphatic rings. The van der Waals surface area contributed by atoms with Gasteiger partial charge in [-0.3, -0.25) is 0 Å². The van der Waals surface area contributed by atoms with E-state index in [1.165, 1.54) is 6.26 Å². The molecule has 1 N–H and O–H groups in total. The summed E-state index contributed by atoms with van der Waals surface area (Å²) < 4.78 is 29.5. The van der Waals surface area contributed by atoms with Crippen molar-refractivity contribution in [2.45, 2.75) is 62.3 Å². The molecule has 19 heavy (non-hydrogen) atoms. The molecule has 4 nitrogen and oxygen atoms in total. The van der Waals surface area contributed by atoms with Crippen LogP contribution in [0.1, 0.15) is 45.4 Å². The van der Waals surface area contributed by atoms with Crippen LogP contribution < -0.4 is 5.32 Å². The van der Waals surface area contributed by atoms with Gasteiger partial charge in [0.25, 0.3) is 0 Å². The summed E-state index contributed by atoms with van der Waals surface area (Å²) in [7, 11) is -0.939. The van der Waals surface area contributed by atoms with E-state index in [1.54, 1.807) is 0 Å². The largest absolute Gasteiger partial charge is 0.374 e. The molecule has 1 aliphatic heterocycles. The van der Waals surface area contributed by atoms with Gasteiger partial charge >= 0.3 is 0 Å². The summed E-state index contributed by atoms with van der Waals surface area (Å²) >= 11 is 0. The van der Waals surface area contributed by atoms with E-state index >= 15 is 0 Å². The highest BCUT2D eigenvalue weighted by Crippen LogP contribution is 2.38. The first kappa shape index (κ1) is 15.3. The third-order valence-corrected chi connectivity index (χ3v) is 6.60. The Bertz CT molecular complexity index is 401. The average molecular weight is 289 g/mol. The van der Waals surface area contributed by atoms with Crippen LogP contribution in [0.5, 0.6) is 0 Å². The SMILES string of the molecule is CNC(C1CCCC(S(C)(=O)=O)C1)C1(C)CCCO1. The number of nitrogens with one attached hydrogen (secondary N) is 1. The highest BCUT2D eigenvalue weighted by atomic mass is 32.2. The van der Waals surface area contributed by atoms with Crippen molar-refractivity contribution in [1.82, 2.24) is 5.32 Å². The lowest BCUT2D eigenvalue weighted by Crippen LogP contribution is -2.53. The van der Waals surface area contributed by atoms with E-state index in [4.69, 9.17) is 4.74 Å². The minimum absolute atomic E-state index is 0.126. The van der Waals surface area contributed by atoms with Crippen molar-refractivity contribution in [2.24, 2.45) is 5.92 Å². The lowest BCUT2D eigenvalue weighted by Gasteiger charge is -2.41. The van der Waals surface area contributed by atoms with Crippen LogP contribution in [0, 0.1) is 5.92 Å². The quantitative estimate of drug-likeness (QED) is 0.856. The summed E-state index contributed by atoms with van der Waals surface area (Å²) in [6, 6.07) is 0.263. The molecule has 0 bridgehead atoms. The van der Waals surface area contributed by atoms with Gasteiger partial charge in [-0.05, 0) is 52.0 Å². The second-order valence-electron chi connectivity index (χ2n) is 6.41. The van der Waals surface area contributed by atoms with Crippen LogP contribution in [0.4, 0.5) is 0 Å². The zero-order valence-corrected chi connectivity index (χ0v) is 13.1. The summed E-state index contributed by atoms with van der Waals surface area (Å²) in [5.74, 6) is 0.404. The molecule has 1 aliphatic carbocycles. The van der Waals surface area contributed by atoms with E-state index in [2.05, 4.69) is 12.2 Å². The molecule has 1 saturated carbocycles. The monoisotopic (exact) mass is 289 g/mol. The Hall–Kier alpha value is -0.130. The summed E-state index contributed by atoms with van der Waals surface area (Å²) in [5.41, 5.74) is -0.126. The van der Waals surface area contributed by atoms with Crippen LogP contribution in [-0.4, -0.2) is 45.2 Å². The number of likely N-dealkylation sites (N-methyl/N-ethyl adjacent to an activating group) is 1. The van der Waals surface area contributed by atoms with Gasteiger partial charge in [-0.2, -0.15) is 0 Å². The molecule has 0 amide bonds. The molecule has 4 unspecified atom stereocenters. The summed E-state index contributed by atoms with van der Waals surface area (Å²) in [6.45, 7) is 3.00. The Morgan fingerprint density at radius 3 is 2.58 bits per heavy atom. The lowest BCUT2D eigenvalue weighted by molar-refractivity contribution is -0.0313. The molecule has 112 valence electrons. The number of rotatable bonds is 4. The van der Waals surface area contributed by atoms with Crippen molar-refractivity contribution >= 4 is 9.84 Å². The molecule has 2 rings (SSSR count). The zero-order valence-electron chi connectivity index (χ0n) is 12.3. The van der Waals surface area contributed by atoms with E-state index in [1.807, 2.05) is 7.05 Å². The summed E-state index contributed by atoms with van der Waals surface area (Å²) in [4.78, 5) is 0. The maximum Gasteiger partial charge on any atom is 0.150 e. The van der Waals surface area contributed by atoms with E-state index in [0.29, 0.717) is 5.92 Å². The number of ether oxygens (including phenoxy) is 1. The molecule has 0 spiro atoms. The van der Waals surface area contributed by atoms with Crippen molar-refractivity contribution in [3.8, 4) is 0 Å². The van der Waals surface area contributed by atoms with Gasteiger partial charge in [-0.1, -0.05) is 6.42 Å². The second-order valence-corrected chi connectivity index (χ2v) is 8.73. The smallest absolute Gasteiger partial charge is 0.150 e. The fourth-order valence-electron chi connectivity index (χ4n) is 3.96. The number of hydrogen-bond acceptors (Lipinski definition) is 4. The van der Waals surface area contributed by atoms with Gasteiger partial charge in [0.1, 0.15) is 9.84 Å². The van der Waals surface area contributed by atoms with Crippen molar-refractivity contribution in [3.63, 3.8) is 0 Å². The molecule has 4 atom stereocenters. The average Bonchev–Trinajstić information content (AvgIpc) is 2.77. The molecule has 1 heterocycles. The number of sulfone groups is 1. The van der Waals surface area contributed by atoms with E-state index in [9.17, 15) is 8.42 Å². The molecule has 2 fully saturated rings. The molecule has 5 heteroatoms. The fourth-order valence-corrected chi connectivity index (χ4v) is 5.15. The van der Waals surface area contributed by atoms with Gasteiger partial charge in [0.2, 0.25) is 0 Å². The third kappa shape index (κ3) is 3.31. The standard InChI is InChI=1S/C14H27NO3S/c1-14(8-5-9-18-14)13(15-2)11-6-4-7-12(10-11)19(3,16)17/h11-13,15H,4-10H2,1-3H3. The Morgan fingerprint density at radius 2 is 2.05 bits per heavy atom. The Morgan fingerprint density at radius 1 is 1.32 bits per heavy atom. The molecule has 0 aromatic carbocycles. The maximum atomic E-state index is 11.8. The minimum Gasteiger partial charge on any atom is -0.374 e. The molecule has 0 radical (unpaired) electrons. The first-order valence-corrected chi connectivity index (χ1v) is 9.32. The van der Waals surface area contributed by atoms with E-state index in [0.717, 1.165) is 45.1 Å². The maximum absolute atomic E-state index is 11.8. The van der Waals surface area contributed by atoms with Gasteiger partial charge in [0.05, 0.1) is 10.9 Å². The van der Waals surface area contributed by atoms with Gasteiger partial charge in [0, 0.05) is 18.9 Å². The highest BCUT2D eigenvalue weighted by Gasteiger charge is 2.44. The predicted octanol–water partition coefficient (Wildman–Crippen LogP) is 1.75. The second kappa shape index (κ2) is 5.70. The lowest BCUT2D eigenvalue weighted by atomic mass is 9.76.